The highest BCUT2D eigenvalue weighted by Gasteiger charge is 2.26. The normalized spacial score (nSPS) is 19.4. The van der Waals surface area contributed by atoms with Crippen LogP contribution in [0, 0.1) is 0 Å². The van der Waals surface area contributed by atoms with E-state index in [1.54, 1.807) is 0 Å². The number of amides is 1. The number of nitrogens with zero attached hydrogens (tertiary/aromatic N) is 2. The molecule has 0 aliphatic carbocycles. The Morgan fingerprint density at radius 3 is 3.05 bits per heavy atom. The van der Waals surface area contributed by atoms with Crippen molar-refractivity contribution in [3.63, 3.8) is 0 Å². The lowest BCUT2D eigenvalue weighted by molar-refractivity contribution is -0.139. The summed E-state index contributed by atoms with van der Waals surface area (Å²) in [5.74, 6) is -1.63. The van der Waals surface area contributed by atoms with Gasteiger partial charge in [-0.1, -0.05) is 5.16 Å². The van der Waals surface area contributed by atoms with Crippen LogP contribution in [0.5, 0.6) is 0 Å². The fraction of sp³-hybridized carbons (Fsp3) is 0.667. The summed E-state index contributed by atoms with van der Waals surface area (Å²) in [6.45, 7) is 1.09. The number of carbonyl (C=O) groups is 2. The molecule has 9 nitrogen and oxygen atoms in total. The van der Waals surface area contributed by atoms with E-state index in [4.69, 9.17) is 14.4 Å². The van der Waals surface area contributed by atoms with Gasteiger partial charge in [0.2, 0.25) is 5.89 Å². The topological polar surface area (TPSA) is 127 Å². The molecule has 116 valence electrons. The number of nitrogens with one attached hydrogen (secondary N) is 2. The van der Waals surface area contributed by atoms with Crippen LogP contribution in [0.15, 0.2) is 4.52 Å². The third-order valence-corrected chi connectivity index (χ3v) is 3.22. The van der Waals surface area contributed by atoms with Crippen LogP contribution in [0.2, 0.25) is 0 Å². The van der Waals surface area contributed by atoms with Gasteiger partial charge >= 0.3 is 5.97 Å². The van der Waals surface area contributed by atoms with Crippen molar-refractivity contribution < 1.29 is 24.0 Å². The van der Waals surface area contributed by atoms with Crippen LogP contribution in [0.25, 0.3) is 0 Å². The van der Waals surface area contributed by atoms with Crippen molar-refractivity contribution in [3.05, 3.63) is 11.7 Å². The maximum atomic E-state index is 11.9. The van der Waals surface area contributed by atoms with E-state index < -0.39 is 17.9 Å². The minimum Gasteiger partial charge on any atom is -0.480 e. The monoisotopic (exact) mass is 298 g/mol. The summed E-state index contributed by atoms with van der Waals surface area (Å²) in [5.41, 5.74) is 0. The lowest BCUT2D eigenvalue weighted by Gasteiger charge is -2.12. The Labute approximate surface area is 121 Å². The van der Waals surface area contributed by atoms with Crippen molar-refractivity contribution in [1.82, 2.24) is 20.8 Å². The van der Waals surface area contributed by atoms with Crippen LogP contribution < -0.4 is 10.6 Å². The van der Waals surface area contributed by atoms with Crippen molar-refractivity contribution >= 4 is 11.9 Å². The minimum atomic E-state index is -1.14. The molecule has 1 aromatic heterocycles. The van der Waals surface area contributed by atoms with Crippen LogP contribution in [-0.2, 0) is 9.53 Å². The molecule has 2 rings (SSSR count). The summed E-state index contributed by atoms with van der Waals surface area (Å²) in [7, 11) is 1.46. The zero-order valence-electron chi connectivity index (χ0n) is 11.7. The zero-order valence-corrected chi connectivity index (χ0v) is 11.7. The second-order valence-electron chi connectivity index (χ2n) is 4.75. The number of aromatic nitrogens is 2. The maximum Gasteiger partial charge on any atom is 0.326 e. The summed E-state index contributed by atoms with van der Waals surface area (Å²) in [6.07, 6.45) is 2.04. The first kappa shape index (κ1) is 15.4. The van der Waals surface area contributed by atoms with E-state index in [1.165, 1.54) is 7.11 Å². The molecule has 0 aromatic carbocycles. The molecule has 2 atom stereocenters. The average Bonchev–Trinajstić information content (AvgIpc) is 3.12. The number of carboxylic acids is 1. The van der Waals surface area contributed by atoms with Crippen molar-refractivity contribution in [2.45, 2.75) is 31.3 Å². The lowest BCUT2D eigenvalue weighted by atomic mass is 10.2. The van der Waals surface area contributed by atoms with E-state index in [2.05, 4.69) is 20.8 Å². The molecule has 2 heterocycles. The Morgan fingerprint density at radius 2 is 2.43 bits per heavy atom. The van der Waals surface area contributed by atoms with Gasteiger partial charge in [0.15, 0.2) is 0 Å². The molecule has 2 unspecified atom stereocenters. The summed E-state index contributed by atoms with van der Waals surface area (Å²) < 4.78 is 9.85. The standard InChI is InChI=1S/C12H18N4O5/c1-20-6-4-8(12(18)19)14-10(17)9-15-11(21-16-9)7-3-2-5-13-7/h7-8,13H,2-6H2,1H3,(H,14,17)(H,18,19). The summed E-state index contributed by atoms with van der Waals surface area (Å²) in [4.78, 5) is 27.0. The van der Waals surface area contributed by atoms with Gasteiger partial charge in [0, 0.05) is 20.1 Å². The van der Waals surface area contributed by atoms with E-state index in [1.807, 2.05) is 0 Å². The third-order valence-electron chi connectivity index (χ3n) is 3.22. The summed E-state index contributed by atoms with van der Waals surface area (Å²) >= 11 is 0. The number of ether oxygens (including phenoxy) is 1. The molecule has 0 saturated carbocycles. The molecule has 1 aliphatic rings. The van der Waals surface area contributed by atoms with Crippen molar-refractivity contribution in [2.24, 2.45) is 0 Å². The first-order valence-electron chi connectivity index (χ1n) is 6.71. The average molecular weight is 298 g/mol. The predicted molar refractivity (Wildman–Crippen MR) is 69.7 cm³/mol. The van der Waals surface area contributed by atoms with Crippen LogP contribution in [0.3, 0.4) is 0 Å². The fourth-order valence-electron chi connectivity index (χ4n) is 2.08. The van der Waals surface area contributed by atoms with Crippen LogP contribution >= 0.6 is 0 Å². The quantitative estimate of drug-likeness (QED) is 0.627. The van der Waals surface area contributed by atoms with E-state index in [0.29, 0.717) is 5.89 Å². The molecule has 0 bridgehead atoms. The van der Waals surface area contributed by atoms with Gasteiger partial charge in [0.25, 0.3) is 11.7 Å². The van der Waals surface area contributed by atoms with Gasteiger partial charge in [-0.3, -0.25) is 4.79 Å². The second kappa shape index (κ2) is 7.14. The van der Waals surface area contributed by atoms with Gasteiger partial charge in [-0.05, 0) is 19.4 Å². The largest absolute Gasteiger partial charge is 0.480 e. The van der Waals surface area contributed by atoms with E-state index in [0.717, 1.165) is 19.4 Å². The first-order valence-corrected chi connectivity index (χ1v) is 6.71. The van der Waals surface area contributed by atoms with E-state index in [-0.39, 0.29) is 24.9 Å². The van der Waals surface area contributed by atoms with Crippen molar-refractivity contribution in [2.75, 3.05) is 20.3 Å². The highest BCUT2D eigenvalue weighted by Crippen LogP contribution is 2.20. The van der Waals surface area contributed by atoms with Gasteiger partial charge in [0.05, 0.1) is 6.04 Å². The molecular weight excluding hydrogens is 280 g/mol. The molecule has 1 saturated heterocycles. The molecule has 1 amide bonds. The molecular formula is C12H18N4O5. The smallest absolute Gasteiger partial charge is 0.326 e. The number of aliphatic carboxylic acids is 1. The van der Waals surface area contributed by atoms with Crippen LogP contribution in [0.1, 0.15) is 41.8 Å². The molecule has 21 heavy (non-hydrogen) atoms. The molecule has 9 heteroatoms. The minimum absolute atomic E-state index is 0.0391. The third kappa shape index (κ3) is 3.99. The van der Waals surface area contributed by atoms with Gasteiger partial charge in [-0.15, -0.1) is 0 Å². The number of carboxylic acid groups (broad SMARTS) is 1. The number of carbonyl (C=O) groups excluding carboxylic acids is 1. The lowest BCUT2D eigenvalue weighted by Crippen LogP contribution is -2.41. The van der Waals surface area contributed by atoms with Crippen molar-refractivity contribution in [3.8, 4) is 0 Å². The Kier molecular flexibility index (Phi) is 5.23. The van der Waals surface area contributed by atoms with Crippen molar-refractivity contribution in [1.29, 1.82) is 0 Å². The number of methoxy groups -OCH3 is 1. The van der Waals surface area contributed by atoms with Gasteiger partial charge < -0.3 is 25.0 Å². The van der Waals surface area contributed by atoms with E-state index in [9.17, 15) is 9.59 Å². The highest BCUT2D eigenvalue weighted by molar-refractivity contribution is 5.93. The molecule has 1 aliphatic heterocycles. The molecule has 1 aromatic rings. The highest BCUT2D eigenvalue weighted by atomic mass is 16.5. The van der Waals surface area contributed by atoms with E-state index >= 15 is 0 Å². The number of rotatable bonds is 7. The van der Waals surface area contributed by atoms with Crippen LogP contribution in [0.4, 0.5) is 0 Å². The SMILES string of the molecule is COCCC(NC(=O)c1noc(C2CCCN2)n1)C(=O)O. The number of hydrogen-bond acceptors (Lipinski definition) is 7. The summed E-state index contributed by atoms with van der Waals surface area (Å²) in [6, 6.07) is -1.09. The fourth-order valence-corrected chi connectivity index (χ4v) is 2.08. The maximum absolute atomic E-state index is 11.9. The molecule has 1 fully saturated rings. The second-order valence-corrected chi connectivity index (χ2v) is 4.75. The van der Waals surface area contributed by atoms with Gasteiger partial charge in [-0.2, -0.15) is 4.98 Å². The molecule has 3 N–H and O–H groups in total. The van der Waals surface area contributed by atoms with Crippen LogP contribution in [-0.4, -0.2) is 53.4 Å². The predicted octanol–water partition coefficient (Wildman–Crippen LogP) is -0.286. The summed E-state index contributed by atoms with van der Waals surface area (Å²) in [5, 5.41) is 18.1. The first-order chi connectivity index (χ1) is 10.1. The Bertz CT molecular complexity index is 498. The zero-order chi connectivity index (χ0) is 15.2. The Morgan fingerprint density at radius 1 is 1.62 bits per heavy atom. The Hall–Kier alpha value is -2.00. The van der Waals surface area contributed by atoms with Gasteiger partial charge in [0.1, 0.15) is 6.04 Å². The van der Waals surface area contributed by atoms with Gasteiger partial charge in [-0.25, -0.2) is 4.79 Å². The molecule has 0 radical (unpaired) electrons. The number of hydrogen-bond donors (Lipinski definition) is 3. The molecule has 0 spiro atoms. The Balaban J connectivity index is 1.96.